The van der Waals surface area contributed by atoms with E-state index in [1.165, 1.54) is 19.1 Å². The van der Waals surface area contributed by atoms with Crippen LogP contribution in [0.15, 0.2) is 0 Å². The average Bonchev–Trinajstić information content (AvgIpc) is 2.05. The van der Waals surface area contributed by atoms with Crippen LogP contribution < -0.4 is 11.5 Å². The molecule has 0 saturated carbocycles. The maximum absolute atomic E-state index is 11.4. The van der Waals surface area contributed by atoms with Crippen molar-refractivity contribution in [3.8, 4) is 0 Å². The second kappa shape index (κ2) is 5.50. The number of amides is 2. The molecule has 0 rings (SSSR count). The molecular weight excluding hydrogens is 174 g/mol. The molecule has 0 aliphatic carbocycles. The van der Waals surface area contributed by atoms with Gasteiger partial charge < -0.3 is 21.1 Å². The zero-order chi connectivity index (χ0) is 10.4. The highest BCUT2D eigenvalue weighted by molar-refractivity contribution is 5.86. The van der Waals surface area contributed by atoms with Crippen LogP contribution in [-0.2, 0) is 14.3 Å². The number of hydrogen-bond donors (Lipinski definition) is 2. The van der Waals surface area contributed by atoms with Gasteiger partial charge in [0.15, 0.2) is 0 Å². The lowest BCUT2D eigenvalue weighted by Crippen LogP contribution is -2.44. The van der Waals surface area contributed by atoms with Crippen LogP contribution in [0.1, 0.15) is 0 Å². The smallest absolute Gasteiger partial charge is 0.253 e. The lowest BCUT2D eigenvalue weighted by atomic mass is 10.3. The quantitative estimate of drug-likeness (QED) is 0.517. The lowest BCUT2D eigenvalue weighted by molar-refractivity contribution is -0.142. The third-order valence-electron chi connectivity index (χ3n) is 1.54. The molecule has 0 heterocycles. The van der Waals surface area contributed by atoms with Crippen LogP contribution in [-0.4, -0.2) is 50.1 Å². The van der Waals surface area contributed by atoms with Crippen molar-refractivity contribution in [1.82, 2.24) is 4.90 Å². The van der Waals surface area contributed by atoms with Gasteiger partial charge in [-0.25, -0.2) is 0 Å². The SMILES string of the molecule is COC(CN)C(=O)N(C)CC(N)=O. The van der Waals surface area contributed by atoms with Crippen LogP contribution >= 0.6 is 0 Å². The first kappa shape index (κ1) is 11.9. The maximum Gasteiger partial charge on any atom is 0.253 e. The second-order valence-corrected chi connectivity index (χ2v) is 2.62. The topological polar surface area (TPSA) is 98.7 Å². The molecule has 1 atom stereocenters. The first-order valence-corrected chi connectivity index (χ1v) is 3.79. The number of ether oxygens (including phenoxy) is 1. The number of nitrogens with zero attached hydrogens (tertiary/aromatic N) is 1. The highest BCUT2D eigenvalue weighted by atomic mass is 16.5. The molecule has 6 nitrogen and oxygen atoms in total. The molecule has 4 N–H and O–H groups in total. The molecule has 6 heteroatoms. The number of rotatable bonds is 5. The molecule has 0 radical (unpaired) electrons. The van der Waals surface area contributed by atoms with Gasteiger partial charge in [-0.05, 0) is 0 Å². The van der Waals surface area contributed by atoms with E-state index in [4.69, 9.17) is 16.2 Å². The van der Waals surface area contributed by atoms with E-state index in [0.717, 1.165) is 0 Å². The number of methoxy groups -OCH3 is 1. The molecule has 0 aromatic heterocycles. The summed E-state index contributed by atoms with van der Waals surface area (Å²) in [6, 6.07) is 0. The third kappa shape index (κ3) is 3.86. The Labute approximate surface area is 76.8 Å². The second-order valence-electron chi connectivity index (χ2n) is 2.62. The Morgan fingerprint density at radius 3 is 2.38 bits per heavy atom. The van der Waals surface area contributed by atoms with Crippen LogP contribution in [0.25, 0.3) is 0 Å². The van der Waals surface area contributed by atoms with Crippen molar-refractivity contribution in [2.24, 2.45) is 11.5 Å². The molecule has 0 aliphatic heterocycles. The fraction of sp³-hybridized carbons (Fsp3) is 0.714. The van der Waals surface area contributed by atoms with Crippen LogP contribution in [0, 0.1) is 0 Å². The Hall–Kier alpha value is -1.14. The largest absolute Gasteiger partial charge is 0.370 e. The summed E-state index contributed by atoms with van der Waals surface area (Å²) in [4.78, 5) is 23.0. The Balaban J connectivity index is 4.14. The van der Waals surface area contributed by atoms with Crippen LogP contribution in [0.2, 0.25) is 0 Å². The molecule has 0 saturated heterocycles. The monoisotopic (exact) mass is 189 g/mol. The summed E-state index contributed by atoms with van der Waals surface area (Å²) in [6.45, 7) is -0.0445. The first-order chi connectivity index (χ1) is 6.02. The molecule has 0 bridgehead atoms. The van der Waals surface area contributed by atoms with Gasteiger partial charge in [0.1, 0.15) is 6.10 Å². The first-order valence-electron chi connectivity index (χ1n) is 3.79. The normalized spacial score (nSPS) is 12.2. The van der Waals surface area contributed by atoms with Crippen LogP contribution in [0.4, 0.5) is 0 Å². The number of carbonyl (C=O) groups is 2. The number of hydrogen-bond acceptors (Lipinski definition) is 4. The van der Waals surface area contributed by atoms with Gasteiger partial charge in [0.2, 0.25) is 5.91 Å². The average molecular weight is 189 g/mol. The fourth-order valence-electron chi connectivity index (χ4n) is 0.855. The molecule has 0 aromatic rings. The Morgan fingerprint density at radius 2 is 2.08 bits per heavy atom. The molecule has 0 spiro atoms. The minimum absolute atomic E-state index is 0.0818. The van der Waals surface area contributed by atoms with Crippen molar-refractivity contribution >= 4 is 11.8 Å². The van der Waals surface area contributed by atoms with E-state index < -0.39 is 12.0 Å². The standard InChI is InChI=1S/C7H15N3O3/c1-10(4-6(9)11)7(12)5(3-8)13-2/h5H,3-4,8H2,1-2H3,(H2,9,11). The molecule has 13 heavy (non-hydrogen) atoms. The van der Waals surface area contributed by atoms with Gasteiger partial charge in [-0.3, -0.25) is 9.59 Å². The highest BCUT2D eigenvalue weighted by Gasteiger charge is 2.20. The van der Waals surface area contributed by atoms with E-state index in [1.54, 1.807) is 0 Å². The maximum atomic E-state index is 11.4. The van der Waals surface area contributed by atoms with Crippen molar-refractivity contribution in [2.45, 2.75) is 6.10 Å². The van der Waals surface area contributed by atoms with E-state index >= 15 is 0 Å². The number of likely N-dealkylation sites (N-methyl/N-ethyl adjacent to an activating group) is 1. The summed E-state index contributed by atoms with van der Waals surface area (Å²) in [5.41, 5.74) is 10.2. The molecule has 0 aliphatic rings. The van der Waals surface area contributed by atoms with Gasteiger partial charge >= 0.3 is 0 Å². The summed E-state index contributed by atoms with van der Waals surface area (Å²) >= 11 is 0. The van der Waals surface area contributed by atoms with Gasteiger partial charge in [-0.15, -0.1) is 0 Å². The highest BCUT2D eigenvalue weighted by Crippen LogP contribution is 1.94. The van der Waals surface area contributed by atoms with Gasteiger partial charge in [0.25, 0.3) is 5.91 Å². The summed E-state index contributed by atoms with van der Waals surface area (Å²) in [5.74, 6) is -0.911. The summed E-state index contributed by atoms with van der Waals surface area (Å²) < 4.78 is 4.80. The summed E-state index contributed by atoms with van der Waals surface area (Å²) in [5, 5.41) is 0. The van der Waals surface area contributed by atoms with Gasteiger partial charge in [-0.1, -0.05) is 0 Å². The van der Waals surface area contributed by atoms with Crippen molar-refractivity contribution in [2.75, 3.05) is 27.2 Å². The van der Waals surface area contributed by atoms with Crippen LogP contribution in [0.5, 0.6) is 0 Å². The Kier molecular flexibility index (Phi) is 5.01. The third-order valence-corrected chi connectivity index (χ3v) is 1.54. The molecule has 0 aromatic carbocycles. The van der Waals surface area contributed by atoms with Gasteiger partial charge in [0.05, 0.1) is 6.54 Å². The van der Waals surface area contributed by atoms with Gasteiger partial charge in [-0.2, -0.15) is 0 Å². The molecule has 76 valence electrons. The lowest BCUT2D eigenvalue weighted by Gasteiger charge is -2.20. The van der Waals surface area contributed by atoms with Crippen molar-refractivity contribution in [3.63, 3.8) is 0 Å². The van der Waals surface area contributed by atoms with Crippen LogP contribution in [0.3, 0.4) is 0 Å². The summed E-state index contributed by atoms with van der Waals surface area (Å²) in [6.07, 6.45) is -0.704. The van der Waals surface area contributed by atoms with Crippen molar-refractivity contribution < 1.29 is 14.3 Å². The van der Waals surface area contributed by atoms with Gasteiger partial charge in [0, 0.05) is 20.7 Å². The number of primary amides is 1. The Morgan fingerprint density at radius 1 is 1.54 bits per heavy atom. The molecule has 1 unspecified atom stereocenters. The molecular formula is C7H15N3O3. The predicted octanol–water partition coefficient (Wildman–Crippen LogP) is -2.10. The molecule has 2 amide bonds. The van der Waals surface area contributed by atoms with E-state index in [0.29, 0.717) is 0 Å². The van der Waals surface area contributed by atoms with E-state index in [1.807, 2.05) is 0 Å². The zero-order valence-corrected chi connectivity index (χ0v) is 7.82. The minimum Gasteiger partial charge on any atom is -0.370 e. The zero-order valence-electron chi connectivity index (χ0n) is 7.82. The van der Waals surface area contributed by atoms with E-state index in [-0.39, 0.29) is 19.0 Å². The number of nitrogens with two attached hydrogens (primary N) is 2. The van der Waals surface area contributed by atoms with Crippen molar-refractivity contribution in [3.05, 3.63) is 0 Å². The fourth-order valence-corrected chi connectivity index (χ4v) is 0.855. The Bertz CT molecular complexity index is 191. The number of carbonyl (C=O) groups excluding carboxylic acids is 2. The van der Waals surface area contributed by atoms with Crippen molar-refractivity contribution in [1.29, 1.82) is 0 Å². The minimum atomic E-state index is -0.704. The van der Waals surface area contributed by atoms with E-state index in [9.17, 15) is 9.59 Å². The summed E-state index contributed by atoms with van der Waals surface area (Å²) in [7, 11) is 2.85. The predicted molar refractivity (Wildman–Crippen MR) is 46.7 cm³/mol. The van der Waals surface area contributed by atoms with E-state index in [2.05, 4.69) is 0 Å². The molecule has 0 fully saturated rings.